The Hall–Kier alpha value is -3.31. The van der Waals surface area contributed by atoms with Crippen LogP contribution >= 0.6 is 0 Å². The molecule has 1 aliphatic heterocycles. The van der Waals surface area contributed by atoms with E-state index in [4.69, 9.17) is 0 Å². The Morgan fingerprint density at radius 1 is 1.16 bits per heavy atom. The van der Waals surface area contributed by atoms with Crippen LogP contribution in [0, 0.1) is 16.0 Å². The van der Waals surface area contributed by atoms with E-state index >= 15 is 0 Å². The third-order valence-electron chi connectivity index (χ3n) is 5.43. The second-order valence-corrected chi connectivity index (χ2v) is 9.47. The summed E-state index contributed by atoms with van der Waals surface area (Å²) >= 11 is 0. The highest BCUT2D eigenvalue weighted by Crippen LogP contribution is 2.38. The number of nitro groups is 1. The fourth-order valence-electron chi connectivity index (χ4n) is 3.59. The molecule has 3 aromatic rings. The van der Waals surface area contributed by atoms with Crippen LogP contribution in [0.2, 0.25) is 0 Å². The Labute approximate surface area is 178 Å². The van der Waals surface area contributed by atoms with Crippen molar-refractivity contribution in [2.75, 3.05) is 13.1 Å². The van der Waals surface area contributed by atoms with Gasteiger partial charge in [0.15, 0.2) is 5.69 Å². The first-order chi connectivity index (χ1) is 14.8. The number of aromatic amines is 1. The molecule has 11 heteroatoms. The van der Waals surface area contributed by atoms with Crippen molar-refractivity contribution in [1.29, 1.82) is 0 Å². The molecule has 0 atom stereocenters. The summed E-state index contributed by atoms with van der Waals surface area (Å²) in [5, 5.41) is 30.1. The number of nitrogens with one attached hydrogen (secondary N) is 1. The first-order valence-corrected chi connectivity index (χ1v) is 11.2. The van der Waals surface area contributed by atoms with Gasteiger partial charge in [0.2, 0.25) is 15.9 Å². The number of aromatic nitrogens is 1. The molecule has 2 aromatic carbocycles. The summed E-state index contributed by atoms with van der Waals surface area (Å²) in [6, 6.07) is 10.5. The van der Waals surface area contributed by atoms with Crippen LogP contribution in [0.1, 0.15) is 19.8 Å². The Morgan fingerprint density at radius 2 is 1.87 bits per heavy atom. The zero-order valence-corrected chi connectivity index (χ0v) is 17.5. The number of hydrogen-bond acceptors (Lipinski definition) is 7. The Balaban J connectivity index is 1.78. The van der Waals surface area contributed by atoms with Crippen molar-refractivity contribution in [3.05, 3.63) is 52.6 Å². The lowest BCUT2D eigenvalue weighted by Gasteiger charge is -2.29. The van der Waals surface area contributed by atoms with E-state index in [0.717, 1.165) is 6.07 Å². The smallest absolute Gasteiger partial charge is 0.270 e. The Bertz CT molecular complexity index is 1280. The average molecular weight is 443 g/mol. The maximum atomic E-state index is 13.3. The topological polar surface area (TPSA) is 141 Å². The minimum Gasteiger partial charge on any atom is -0.493 e. The average Bonchev–Trinajstić information content (AvgIpc) is 3.07. The second-order valence-electron chi connectivity index (χ2n) is 7.56. The van der Waals surface area contributed by atoms with Crippen LogP contribution in [0.3, 0.4) is 0 Å². The number of H-pyrrole nitrogens is 1. The molecule has 162 valence electrons. The number of rotatable bonds is 5. The zero-order valence-electron chi connectivity index (χ0n) is 16.7. The molecule has 0 aliphatic carbocycles. The van der Waals surface area contributed by atoms with Gasteiger partial charge in [0.05, 0.1) is 10.4 Å². The SMILES string of the molecule is CC1CCN(S(=O)(=O)c2cc([N+](=O)[O-])ccc2N=Nc2c(O)[nH]c3ccccc23)CC1. The molecule has 0 saturated carbocycles. The highest BCUT2D eigenvalue weighted by Gasteiger charge is 2.31. The van der Waals surface area contributed by atoms with Crippen molar-refractivity contribution in [3.63, 3.8) is 0 Å². The van der Waals surface area contributed by atoms with E-state index in [0.29, 0.717) is 42.8 Å². The molecule has 4 rings (SSSR count). The van der Waals surface area contributed by atoms with Gasteiger partial charge >= 0.3 is 0 Å². The van der Waals surface area contributed by atoms with Crippen LogP contribution < -0.4 is 0 Å². The van der Waals surface area contributed by atoms with Crippen molar-refractivity contribution >= 4 is 38.0 Å². The standard InChI is InChI=1S/C20H21N5O5S/c1-13-8-10-24(11-9-13)31(29,30)18-12-14(25(27)28)6-7-17(18)22-23-19-15-4-2-3-5-16(15)21-20(19)26/h2-7,12-13,21,26H,8-11H2,1H3. The van der Waals surface area contributed by atoms with Crippen LogP contribution in [0.4, 0.5) is 17.1 Å². The first-order valence-electron chi connectivity index (χ1n) is 9.77. The van der Waals surface area contributed by atoms with Crippen molar-refractivity contribution in [2.45, 2.75) is 24.7 Å². The largest absolute Gasteiger partial charge is 0.493 e. The van der Waals surface area contributed by atoms with Gasteiger partial charge in [-0.1, -0.05) is 25.1 Å². The number of nitrogens with zero attached hydrogens (tertiary/aromatic N) is 4. The van der Waals surface area contributed by atoms with Gasteiger partial charge in [-0.05, 0) is 30.9 Å². The molecule has 0 amide bonds. The van der Waals surface area contributed by atoms with Crippen molar-refractivity contribution < 1.29 is 18.4 Å². The normalized spacial score (nSPS) is 16.3. The van der Waals surface area contributed by atoms with Crippen LogP contribution in [-0.2, 0) is 10.0 Å². The Morgan fingerprint density at radius 3 is 2.58 bits per heavy atom. The quantitative estimate of drug-likeness (QED) is 0.336. The molecule has 0 radical (unpaired) electrons. The summed E-state index contributed by atoms with van der Waals surface area (Å²) in [7, 11) is -4.01. The summed E-state index contributed by atoms with van der Waals surface area (Å²) in [6.07, 6.45) is 1.43. The molecule has 0 bridgehead atoms. The lowest BCUT2D eigenvalue weighted by Crippen LogP contribution is -2.37. The summed E-state index contributed by atoms with van der Waals surface area (Å²) in [4.78, 5) is 13.1. The molecule has 1 aromatic heterocycles. The molecule has 10 nitrogen and oxygen atoms in total. The molecule has 1 saturated heterocycles. The molecule has 0 unspecified atom stereocenters. The number of nitro benzene ring substituents is 1. The summed E-state index contributed by atoms with van der Waals surface area (Å²) in [6.45, 7) is 2.74. The number of non-ortho nitro benzene ring substituents is 1. The van der Waals surface area contributed by atoms with Gasteiger partial charge < -0.3 is 10.1 Å². The molecule has 0 spiro atoms. The number of hydrogen-bond donors (Lipinski definition) is 2. The number of piperidine rings is 1. The third kappa shape index (κ3) is 4.01. The minimum atomic E-state index is -4.01. The van der Waals surface area contributed by atoms with Gasteiger partial charge in [-0.3, -0.25) is 10.1 Å². The van der Waals surface area contributed by atoms with E-state index < -0.39 is 14.9 Å². The number of para-hydroxylation sites is 1. The zero-order chi connectivity index (χ0) is 22.2. The van der Waals surface area contributed by atoms with Gasteiger partial charge in [0, 0.05) is 30.6 Å². The van der Waals surface area contributed by atoms with Gasteiger partial charge in [0.1, 0.15) is 10.6 Å². The fraction of sp³-hybridized carbons (Fsp3) is 0.300. The van der Waals surface area contributed by atoms with Gasteiger partial charge in [-0.25, -0.2) is 8.42 Å². The summed E-state index contributed by atoms with van der Waals surface area (Å²) in [5.74, 6) is 0.210. The van der Waals surface area contributed by atoms with E-state index in [2.05, 4.69) is 22.1 Å². The molecule has 2 heterocycles. The van der Waals surface area contributed by atoms with Crippen LogP contribution in [0.15, 0.2) is 57.6 Å². The summed E-state index contributed by atoms with van der Waals surface area (Å²) in [5.41, 5.74) is 0.420. The predicted octanol–water partition coefficient (Wildman–Crippen LogP) is 4.62. The highest BCUT2D eigenvalue weighted by atomic mass is 32.2. The van der Waals surface area contributed by atoms with E-state index in [-0.39, 0.29) is 27.8 Å². The number of fused-ring (bicyclic) bond motifs is 1. The van der Waals surface area contributed by atoms with Crippen LogP contribution in [-0.4, -0.2) is 40.8 Å². The highest BCUT2D eigenvalue weighted by molar-refractivity contribution is 7.89. The maximum Gasteiger partial charge on any atom is 0.270 e. The first kappa shape index (κ1) is 20.9. The third-order valence-corrected chi connectivity index (χ3v) is 7.36. The number of benzene rings is 2. The van der Waals surface area contributed by atoms with E-state index in [1.165, 1.54) is 16.4 Å². The van der Waals surface area contributed by atoms with Crippen molar-refractivity contribution in [3.8, 4) is 5.88 Å². The minimum absolute atomic E-state index is 0.0334. The molecular formula is C20H21N5O5S. The van der Waals surface area contributed by atoms with Gasteiger partial charge in [-0.2, -0.15) is 4.31 Å². The van der Waals surface area contributed by atoms with Gasteiger partial charge in [0.25, 0.3) is 5.69 Å². The predicted molar refractivity (Wildman–Crippen MR) is 114 cm³/mol. The van der Waals surface area contributed by atoms with E-state index in [1.807, 2.05) is 0 Å². The number of azo groups is 1. The Kier molecular flexibility index (Phi) is 5.46. The van der Waals surface area contributed by atoms with E-state index in [9.17, 15) is 23.6 Å². The molecule has 2 N–H and O–H groups in total. The maximum absolute atomic E-state index is 13.3. The molecule has 1 aliphatic rings. The van der Waals surface area contributed by atoms with Crippen molar-refractivity contribution in [2.24, 2.45) is 16.1 Å². The van der Waals surface area contributed by atoms with Crippen LogP contribution in [0.5, 0.6) is 5.88 Å². The molecule has 1 fully saturated rings. The second kappa shape index (κ2) is 8.08. The van der Waals surface area contributed by atoms with Crippen LogP contribution in [0.25, 0.3) is 10.9 Å². The van der Waals surface area contributed by atoms with Crippen molar-refractivity contribution in [1.82, 2.24) is 9.29 Å². The molecular weight excluding hydrogens is 422 g/mol. The monoisotopic (exact) mass is 443 g/mol. The summed E-state index contributed by atoms with van der Waals surface area (Å²) < 4.78 is 27.9. The van der Waals surface area contributed by atoms with E-state index in [1.54, 1.807) is 24.3 Å². The molecule has 31 heavy (non-hydrogen) atoms. The fourth-order valence-corrected chi connectivity index (χ4v) is 5.20. The van der Waals surface area contributed by atoms with Gasteiger partial charge in [-0.15, -0.1) is 10.2 Å². The number of aromatic hydroxyl groups is 1. The lowest BCUT2D eigenvalue weighted by molar-refractivity contribution is -0.385. The lowest BCUT2D eigenvalue weighted by atomic mass is 10.0. The number of sulfonamides is 1.